The highest BCUT2D eigenvalue weighted by molar-refractivity contribution is 5.27. The van der Waals surface area contributed by atoms with E-state index in [-0.39, 0.29) is 0 Å². The van der Waals surface area contributed by atoms with Crippen LogP contribution in [0.15, 0.2) is 24.3 Å². The Hall–Kier alpha value is -1.06. The molecule has 0 aromatic heterocycles. The Morgan fingerprint density at radius 3 is 2.48 bits per heavy atom. The fraction of sp³-hybridized carbons (Fsp3) is 0.667. The molecule has 118 valence electrons. The number of piperidine rings is 1. The molecule has 1 N–H and O–H groups in total. The molecule has 1 saturated heterocycles. The van der Waals surface area contributed by atoms with Crippen LogP contribution in [0.2, 0.25) is 0 Å². The first kappa shape index (κ1) is 16.3. The van der Waals surface area contributed by atoms with Crippen molar-refractivity contribution in [3.05, 3.63) is 29.8 Å². The Kier molecular flexibility index (Phi) is 7.04. The molecule has 1 aliphatic heterocycles. The van der Waals surface area contributed by atoms with Gasteiger partial charge in [-0.05, 0) is 69.1 Å². The van der Waals surface area contributed by atoms with Crippen molar-refractivity contribution >= 4 is 0 Å². The van der Waals surface area contributed by atoms with E-state index >= 15 is 0 Å². The molecular weight excluding hydrogens is 260 g/mol. The maximum absolute atomic E-state index is 5.61. The van der Waals surface area contributed by atoms with Crippen molar-refractivity contribution in [2.45, 2.75) is 39.7 Å². The van der Waals surface area contributed by atoms with Crippen LogP contribution < -0.4 is 10.1 Å². The van der Waals surface area contributed by atoms with Crippen LogP contribution in [0.1, 0.15) is 38.7 Å². The van der Waals surface area contributed by atoms with Gasteiger partial charge in [0, 0.05) is 6.54 Å². The van der Waals surface area contributed by atoms with Gasteiger partial charge in [-0.3, -0.25) is 0 Å². The summed E-state index contributed by atoms with van der Waals surface area (Å²) in [5, 5.41) is 3.61. The van der Waals surface area contributed by atoms with E-state index in [0.29, 0.717) is 0 Å². The van der Waals surface area contributed by atoms with Gasteiger partial charge in [0.1, 0.15) is 5.75 Å². The van der Waals surface area contributed by atoms with Crippen molar-refractivity contribution in [1.29, 1.82) is 0 Å². The second kappa shape index (κ2) is 9.06. The van der Waals surface area contributed by atoms with Crippen molar-refractivity contribution in [1.82, 2.24) is 10.2 Å². The van der Waals surface area contributed by atoms with Gasteiger partial charge in [0.05, 0.1) is 6.61 Å². The first-order valence-electron chi connectivity index (χ1n) is 8.46. The summed E-state index contributed by atoms with van der Waals surface area (Å²) in [5.74, 6) is 1.83. The van der Waals surface area contributed by atoms with Crippen molar-refractivity contribution in [2.24, 2.45) is 5.92 Å². The van der Waals surface area contributed by atoms with E-state index in [9.17, 15) is 0 Å². The minimum Gasteiger partial charge on any atom is -0.494 e. The first-order valence-corrected chi connectivity index (χ1v) is 8.46. The molecule has 0 amide bonds. The molecule has 0 unspecified atom stereocenters. The molecule has 1 fully saturated rings. The number of hydrogen-bond donors (Lipinski definition) is 1. The number of likely N-dealkylation sites (tertiary alicyclic amines) is 1. The third kappa shape index (κ3) is 5.68. The topological polar surface area (TPSA) is 24.5 Å². The zero-order valence-electron chi connectivity index (χ0n) is 13.6. The average molecular weight is 290 g/mol. The van der Waals surface area contributed by atoms with Crippen LogP contribution in [0.3, 0.4) is 0 Å². The van der Waals surface area contributed by atoms with Crippen LogP contribution in [0.4, 0.5) is 0 Å². The molecule has 0 atom stereocenters. The normalized spacial score (nSPS) is 17.0. The Morgan fingerprint density at radius 2 is 1.86 bits per heavy atom. The van der Waals surface area contributed by atoms with Gasteiger partial charge in [0.2, 0.25) is 0 Å². The quantitative estimate of drug-likeness (QED) is 0.795. The molecular formula is C18H30N2O. The molecule has 0 spiro atoms. The molecule has 0 bridgehead atoms. The van der Waals surface area contributed by atoms with Gasteiger partial charge in [-0.25, -0.2) is 0 Å². The lowest BCUT2D eigenvalue weighted by Gasteiger charge is -2.31. The zero-order valence-corrected chi connectivity index (χ0v) is 13.6. The summed E-state index contributed by atoms with van der Waals surface area (Å²) in [6, 6.07) is 8.48. The summed E-state index contributed by atoms with van der Waals surface area (Å²) < 4.78 is 5.61. The maximum atomic E-state index is 5.61. The molecule has 0 saturated carbocycles. The predicted molar refractivity (Wildman–Crippen MR) is 88.8 cm³/mol. The van der Waals surface area contributed by atoms with E-state index in [0.717, 1.165) is 37.8 Å². The third-order valence-corrected chi connectivity index (χ3v) is 4.31. The Labute approximate surface area is 129 Å². The van der Waals surface area contributed by atoms with Gasteiger partial charge in [-0.15, -0.1) is 0 Å². The van der Waals surface area contributed by atoms with Crippen LogP contribution in [0.5, 0.6) is 5.75 Å². The van der Waals surface area contributed by atoms with Crippen LogP contribution in [-0.2, 0) is 6.54 Å². The largest absolute Gasteiger partial charge is 0.494 e. The summed E-state index contributed by atoms with van der Waals surface area (Å²) in [5.41, 5.74) is 1.34. The SMILES string of the molecule is CCCOc1ccc(CNCC2CCN(CC)CC2)cc1. The summed E-state index contributed by atoms with van der Waals surface area (Å²) in [7, 11) is 0. The molecule has 3 heteroatoms. The summed E-state index contributed by atoms with van der Waals surface area (Å²) in [6.07, 6.45) is 3.73. The van der Waals surface area contributed by atoms with Crippen LogP contribution in [-0.4, -0.2) is 37.7 Å². The molecule has 21 heavy (non-hydrogen) atoms. The Bertz CT molecular complexity index is 383. The lowest BCUT2D eigenvalue weighted by Crippen LogP contribution is -2.36. The van der Waals surface area contributed by atoms with Gasteiger partial charge in [-0.1, -0.05) is 26.0 Å². The summed E-state index contributed by atoms with van der Waals surface area (Å²) >= 11 is 0. The number of ether oxygens (including phenoxy) is 1. The highest BCUT2D eigenvalue weighted by atomic mass is 16.5. The highest BCUT2D eigenvalue weighted by Crippen LogP contribution is 2.16. The fourth-order valence-electron chi connectivity index (χ4n) is 2.85. The second-order valence-electron chi connectivity index (χ2n) is 6.00. The number of benzene rings is 1. The van der Waals surface area contributed by atoms with Crippen LogP contribution in [0, 0.1) is 5.92 Å². The first-order chi connectivity index (χ1) is 10.3. The number of nitrogens with one attached hydrogen (secondary N) is 1. The Morgan fingerprint density at radius 1 is 1.14 bits per heavy atom. The van der Waals surface area contributed by atoms with Crippen molar-refractivity contribution in [2.75, 3.05) is 32.8 Å². The van der Waals surface area contributed by atoms with E-state index in [4.69, 9.17) is 4.74 Å². The van der Waals surface area contributed by atoms with Crippen LogP contribution in [0.25, 0.3) is 0 Å². The molecule has 0 aliphatic carbocycles. The van der Waals surface area contributed by atoms with Gasteiger partial charge in [0.15, 0.2) is 0 Å². The lowest BCUT2D eigenvalue weighted by molar-refractivity contribution is 0.190. The monoisotopic (exact) mass is 290 g/mol. The van der Waals surface area contributed by atoms with Gasteiger partial charge in [-0.2, -0.15) is 0 Å². The molecule has 2 rings (SSSR count). The smallest absolute Gasteiger partial charge is 0.119 e. The molecule has 1 heterocycles. The maximum Gasteiger partial charge on any atom is 0.119 e. The molecule has 0 radical (unpaired) electrons. The van der Waals surface area contributed by atoms with E-state index in [1.54, 1.807) is 0 Å². The molecule has 1 aliphatic rings. The predicted octanol–water partition coefficient (Wildman–Crippen LogP) is 3.30. The van der Waals surface area contributed by atoms with Crippen LogP contribution >= 0.6 is 0 Å². The number of rotatable bonds is 8. The van der Waals surface area contributed by atoms with Gasteiger partial charge in [0.25, 0.3) is 0 Å². The molecule has 1 aromatic carbocycles. The minimum atomic E-state index is 0.800. The van der Waals surface area contributed by atoms with Crippen molar-refractivity contribution < 1.29 is 4.74 Å². The number of nitrogens with zero attached hydrogens (tertiary/aromatic N) is 1. The van der Waals surface area contributed by atoms with Gasteiger partial charge < -0.3 is 15.0 Å². The molecule has 1 aromatic rings. The second-order valence-corrected chi connectivity index (χ2v) is 6.00. The molecule has 3 nitrogen and oxygen atoms in total. The summed E-state index contributed by atoms with van der Waals surface area (Å²) in [4.78, 5) is 2.55. The van der Waals surface area contributed by atoms with Gasteiger partial charge >= 0.3 is 0 Å². The fourth-order valence-corrected chi connectivity index (χ4v) is 2.85. The minimum absolute atomic E-state index is 0.800. The van der Waals surface area contributed by atoms with E-state index in [1.165, 1.54) is 38.0 Å². The van der Waals surface area contributed by atoms with E-state index < -0.39 is 0 Å². The average Bonchev–Trinajstić information content (AvgIpc) is 2.55. The zero-order chi connectivity index (χ0) is 14.9. The highest BCUT2D eigenvalue weighted by Gasteiger charge is 2.17. The number of hydrogen-bond acceptors (Lipinski definition) is 3. The van der Waals surface area contributed by atoms with E-state index in [1.807, 2.05) is 0 Å². The Balaban J connectivity index is 1.64. The van der Waals surface area contributed by atoms with E-state index in [2.05, 4.69) is 48.3 Å². The summed E-state index contributed by atoms with van der Waals surface area (Å²) in [6.45, 7) is 11.0. The van der Waals surface area contributed by atoms with Crippen molar-refractivity contribution in [3.8, 4) is 5.75 Å². The van der Waals surface area contributed by atoms with Crippen molar-refractivity contribution in [3.63, 3.8) is 0 Å². The third-order valence-electron chi connectivity index (χ3n) is 4.31. The standard InChI is InChI=1S/C18H30N2O/c1-3-13-21-18-7-5-16(6-8-18)14-19-15-17-9-11-20(4-2)12-10-17/h5-8,17,19H,3-4,9-15H2,1-2H3. The lowest BCUT2D eigenvalue weighted by atomic mass is 9.97.